The van der Waals surface area contributed by atoms with Crippen molar-refractivity contribution in [3.05, 3.63) is 99.0 Å². The Labute approximate surface area is 190 Å². The lowest BCUT2D eigenvalue weighted by Crippen LogP contribution is -2.64. The summed E-state index contributed by atoms with van der Waals surface area (Å²) in [5, 5.41) is 32.5. The molecule has 0 saturated heterocycles. The van der Waals surface area contributed by atoms with E-state index >= 15 is 0 Å². The van der Waals surface area contributed by atoms with Gasteiger partial charge in [-0.1, -0.05) is 48.5 Å². The van der Waals surface area contributed by atoms with Crippen LogP contribution >= 0.6 is 0 Å². The van der Waals surface area contributed by atoms with Crippen LogP contribution in [0.2, 0.25) is 0 Å². The zero-order chi connectivity index (χ0) is 23.1. The van der Waals surface area contributed by atoms with E-state index in [9.17, 15) is 24.9 Å². The van der Waals surface area contributed by atoms with Crippen molar-refractivity contribution in [3.8, 4) is 5.75 Å². The van der Waals surface area contributed by atoms with Gasteiger partial charge in [0.05, 0.1) is 19.3 Å². The van der Waals surface area contributed by atoms with Crippen molar-refractivity contribution in [2.45, 2.75) is 25.0 Å². The summed E-state index contributed by atoms with van der Waals surface area (Å²) in [6.07, 6.45) is 2.30. The van der Waals surface area contributed by atoms with Gasteiger partial charge in [-0.2, -0.15) is 0 Å². The second kappa shape index (κ2) is 8.38. The molecule has 8 nitrogen and oxygen atoms in total. The fraction of sp³-hybridized carbons (Fsp3) is 0.280. The fourth-order valence-electron chi connectivity index (χ4n) is 5.08. The molecule has 170 valence electrons. The van der Waals surface area contributed by atoms with Crippen molar-refractivity contribution in [2.75, 3.05) is 24.8 Å². The molecule has 1 unspecified atom stereocenters. The summed E-state index contributed by atoms with van der Waals surface area (Å²) in [4.78, 5) is 26.8. The number of carbonyl (C=O) groups is 1. The van der Waals surface area contributed by atoms with Crippen molar-refractivity contribution in [1.82, 2.24) is 9.58 Å². The van der Waals surface area contributed by atoms with E-state index in [1.54, 1.807) is 0 Å². The van der Waals surface area contributed by atoms with Gasteiger partial charge in [0.1, 0.15) is 6.17 Å². The van der Waals surface area contributed by atoms with Crippen LogP contribution in [0.25, 0.3) is 0 Å². The standard InChI is InChI=1S/C25H25N3O5/c29-14-13-26-21(15-30)28(27-12-11-20(31)24(32)23(27)25(26)33)22-18-7-3-1-5-16(18)9-10-17-6-2-4-8-19(17)22/h1-8,11-12,21-22,29-30,32H,9-10,13-15H2. The number of aliphatic hydroxyl groups is 2. The molecule has 2 aliphatic rings. The third-order valence-corrected chi connectivity index (χ3v) is 6.56. The molecule has 1 atom stereocenters. The summed E-state index contributed by atoms with van der Waals surface area (Å²) in [6, 6.07) is 16.9. The van der Waals surface area contributed by atoms with Gasteiger partial charge in [0.2, 0.25) is 5.43 Å². The zero-order valence-electron chi connectivity index (χ0n) is 18.0. The predicted molar refractivity (Wildman–Crippen MR) is 122 cm³/mol. The first kappa shape index (κ1) is 21.2. The second-order valence-corrected chi connectivity index (χ2v) is 8.29. The number of carbonyl (C=O) groups excluding carboxylic acids is 1. The van der Waals surface area contributed by atoms with Crippen LogP contribution < -0.4 is 10.4 Å². The topological polar surface area (TPSA) is 106 Å². The van der Waals surface area contributed by atoms with Gasteiger partial charge in [0.25, 0.3) is 5.91 Å². The first-order valence-electron chi connectivity index (χ1n) is 11.0. The number of pyridine rings is 1. The highest BCUT2D eigenvalue weighted by Crippen LogP contribution is 2.39. The molecule has 0 radical (unpaired) electrons. The Morgan fingerprint density at radius 2 is 1.48 bits per heavy atom. The average Bonchev–Trinajstić information content (AvgIpc) is 3.00. The highest BCUT2D eigenvalue weighted by atomic mass is 16.3. The van der Waals surface area contributed by atoms with Crippen LogP contribution in [0.1, 0.15) is 38.8 Å². The van der Waals surface area contributed by atoms with E-state index in [0.717, 1.165) is 35.1 Å². The van der Waals surface area contributed by atoms with Gasteiger partial charge in [-0.3, -0.25) is 19.3 Å². The summed E-state index contributed by atoms with van der Waals surface area (Å²) in [5.74, 6) is -1.27. The smallest absolute Gasteiger partial charge is 0.278 e. The number of amides is 1. The normalized spacial score (nSPS) is 17.9. The number of aryl methyl sites for hydroxylation is 2. The minimum atomic E-state index is -0.830. The summed E-state index contributed by atoms with van der Waals surface area (Å²) < 4.78 is 1.48. The van der Waals surface area contributed by atoms with Crippen LogP contribution in [-0.4, -0.2) is 56.7 Å². The summed E-state index contributed by atoms with van der Waals surface area (Å²) >= 11 is 0. The Balaban J connectivity index is 1.83. The summed E-state index contributed by atoms with van der Waals surface area (Å²) in [6.45, 7) is -0.788. The van der Waals surface area contributed by atoms with E-state index in [1.807, 2.05) is 41.4 Å². The number of β-amino-alcohol motifs (C(OH)–C–C–N with tert-alkyl or cyclic N) is 1. The lowest BCUT2D eigenvalue weighted by atomic mass is 9.93. The Bertz CT molecular complexity index is 1220. The first-order valence-corrected chi connectivity index (χ1v) is 11.0. The average molecular weight is 447 g/mol. The first-order chi connectivity index (χ1) is 16.1. The maximum Gasteiger partial charge on any atom is 0.278 e. The molecule has 5 rings (SSSR count). The molecule has 0 bridgehead atoms. The van der Waals surface area contributed by atoms with Gasteiger partial charge >= 0.3 is 0 Å². The molecule has 2 heterocycles. The molecular weight excluding hydrogens is 422 g/mol. The van der Waals surface area contributed by atoms with E-state index in [4.69, 9.17) is 0 Å². The zero-order valence-corrected chi connectivity index (χ0v) is 18.0. The van der Waals surface area contributed by atoms with Gasteiger partial charge in [-0.15, -0.1) is 0 Å². The fourth-order valence-corrected chi connectivity index (χ4v) is 5.08. The van der Waals surface area contributed by atoms with E-state index in [2.05, 4.69) is 12.1 Å². The number of aromatic hydroxyl groups is 1. The number of benzene rings is 2. The molecule has 8 heteroatoms. The highest BCUT2D eigenvalue weighted by molar-refractivity contribution is 5.96. The van der Waals surface area contributed by atoms with Crippen LogP contribution in [0.3, 0.4) is 0 Å². The maximum atomic E-state index is 13.3. The molecule has 0 saturated carbocycles. The molecule has 0 spiro atoms. The number of aromatic nitrogens is 1. The maximum absolute atomic E-state index is 13.3. The quantitative estimate of drug-likeness (QED) is 0.554. The SMILES string of the molecule is O=C1c2c(O)c(=O)ccn2N(C2c3ccccc3CCc3ccccc32)C(CO)N1CCO. The van der Waals surface area contributed by atoms with Gasteiger partial charge in [-0.05, 0) is 35.1 Å². The van der Waals surface area contributed by atoms with Crippen molar-refractivity contribution in [1.29, 1.82) is 0 Å². The van der Waals surface area contributed by atoms with Crippen molar-refractivity contribution in [2.24, 2.45) is 0 Å². The number of fused-ring (bicyclic) bond motifs is 3. The number of aliphatic hydroxyl groups excluding tert-OH is 2. The van der Waals surface area contributed by atoms with Crippen molar-refractivity contribution < 1.29 is 20.1 Å². The molecule has 1 aliphatic carbocycles. The van der Waals surface area contributed by atoms with E-state index in [1.165, 1.54) is 21.8 Å². The number of rotatable bonds is 4. The molecule has 3 aromatic rings. The lowest BCUT2D eigenvalue weighted by molar-refractivity contribution is 0.0372. The van der Waals surface area contributed by atoms with Crippen LogP contribution in [0, 0.1) is 0 Å². The monoisotopic (exact) mass is 447 g/mol. The van der Waals surface area contributed by atoms with E-state index < -0.39 is 35.9 Å². The Hall–Kier alpha value is -3.62. The van der Waals surface area contributed by atoms with Gasteiger partial charge < -0.3 is 20.2 Å². The predicted octanol–water partition coefficient (Wildman–Crippen LogP) is 1.15. The molecule has 3 N–H and O–H groups in total. The summed E-state index contributed by atoms with van der Waals surface area (Å²) in [7, 11) is 0. The third-order valence-electron chi connectivity index (χ3n) is 6.56. The molecule has 1 aliphatic heterocycles. The van der Waals surface area contributed by atoms with Gasteiger partial charge in [0, 0.05) is 18.8 Å². The molecule has 33 heavy (non-hydrogen) atoms. The van der Waals surface area contributed by atoms with E-state index in [-0.39, 0.29) is 18.8 Å². The number of hydrogen-bond donors (Lipinski definition) is 3. The lowest BCUT2D eigenvalue weighted by Gasteiger charge is -2.49. The Kier molecular flexibility index (Phi) is 5.39. The van der Waals surface area contributed by atoms with Crippen molar-refractivity contribution in [3.63, 3.8) is 0 Å². The van der Waals surface area contributed by atoms with Crippen molar-refractivity contribution >= 4 is 5.91 Å². The third kappa shape index (κ3) is 3.30. The molecule has 0 fully saturated rings. The van der Waals surface area contributed by atoms with Crippen LogP contribution in [0.5, 0.6) is 5.75 Å². The minimum absolute atomic E-state index is 0.0564. The molecule has 1 amide bonds. The number of nitrogens with zero attached hydrogens (tertiary/aromatic N) is 3. The molecule has 1 aromatic heterocycles. The van der Waals surface area contributed by atoms with Gasteiger partial charge in [-0.25, -0.2) is 0 Å². The highest BCUT2D eigenvalue weighted by Gasteiger charge is 2.43. The van der Waals surface area contributed by atoms with Gasteiger partial charge in [0.15, 0.2) is 11.4 Å². The summed E-state index contributed by atoms with van der Waals surface area (Å²) in [5.41, 5.74) is 3.48. The Morgan fingerprint density at radius 1 is 0.879 bits per heavy atom. The largest absolute Gasteiger partial charge is 0.502 e. The Morgan fingerprint density at radius 3 is 2.06 bits per heavy atom. The number of hydrogen-bond acceptors (Lipinski definition) is 6. The van der Waals surface area contributed by atoms with Crippen LogP contribution in [-0.2, 0) is 12.8 Å². The molecule has 2 aromatic carbocycles. The van der Waals surface area contributed by atoms with E-state index in [0.29, 0.717) is 0 Å². The second-order valence-electron chi connectivity index (χ2n) is 8.29. The van der Waals surface area contributed by atoms with Crippen LogP contribution in [0.15, 0.2) is 65.6 Å². The van der Waals surface area contributed by atoms with Crippen LogP contribution in [0.4, 0.5) is 0 Å². The molecular formula is C25H25N3O5. The minimum Gasteiger partial charge on any atom is -0.502 e.